The Morgan fingerprint density at radius 3 is 2.86 bits per heavy atom. The Bertz CT molecular complexity index is 503. The van der Waals surface area contributed by atoms with E-state index in [0.717, 1.165) is 11.3 Å². The summed E-state index contributed by atoms with van der Waals surface area (Å²) in [6.07, 6.45) is 1.78. The van der Waals surface area contributed by atoms with Crippen molar-refractivity contribution in [1.29, 1.82) is 0 Å². The van der Waals surface area contributed by atoms with Crippen LogP contribution in [0.2, 0.25) is 0 Å². The second-order valence-electron chi connectivity index (χ2n) is 4.96. The molecule has 1 aliphatic rings. The van der Waals surface area contributed by atoms with Gasteiger partial charge in [0.1, 0.15) is 0 Å². The topological polar surface area (TPSA) is 70.9 Å². The van der Waals surface area contributed by atoms with Crippen LogP contribution in [-0.2, 0) is 9.63 Å². The van der Waals surface area contributed by atoms with E-state index in [1.54, 1.807) is 0 Å². The second-order valence-corrected chi connectivity index (χ2v) is 6.03. The van der Waals surface area contributed by atoms with Gasteiger partial charge in [-0.1, -0.05) is 35.5 Å². The molecule has 1 amide bonds. The van der Waals surface area contributed by atoms with Crippen LogP contribution in [0.4, 0.5) is 0 Å². The number of carbonyl (C=O) groups is 1. The number of aliphatic hydroxyl groups is 1. The minimum atomic E-state index is -0.594. The molecule has 3 atom stereocenters. The minimum absolute atomic E-state index is 0.0233. The molecule has 2 rings (SSSR count). The fourth-order valence-corrected chi connectivity index (χ4v) is 2.79. The maximum atomic E-state index is 12.2. The monoisotopic (exact) mass is 308 g/mol. The summed E-state index contributed by atoms with van der Waals surface area (Å²) in [5.41, 5.74) is 1.75. The van der Waals surface area contributed by atoms with Gasteiger partial charge in [-0.15, -0.1) is 0 Å². The maximum absolute atomic E-state index is 12.2. The molecule has 0 fully saturated rings. The lowest BCUT2D eigenvalue weighted by Crippen LogP contribution is -2.45. The zero-order valence-corrected chi connectivity index (χ0v) is 13.0. The Hall–Kier alpha value is -1.53. The largest absolute Gasteiger partial charge is 0.395 e. The van der Waals surface area contributed by atoms with Gasteiger partial charge in [-0.25, -0.2) is 0 Å². The number of nitrogens with zero attached hydrogens (tertiary/aromatic N) is 1. The van der Waals surface area contributed by atoms with Gasteiger partial charge in [-0.3, -0.25) is 4.79 Å². The van der Waals surface area contributed by atoms with E-state index in [-0.39, 0.29) is 23.8 Å². The summed E-state index contributed by atoms with van der Waals surface area (Å²) in [5.74, 6) is -0.190. The molecule has 1 aromatic rings. The molecule has 0 saturated heterocycles. The summed E-state index contributed by atoms with van der Waals surface area (Å²) < 4.78 is 0. The van der Waals surface area contributed by atoms with Crippen LogP contribution < -0.4 is 5.32 Å². The van der Waals surface area contributed by atoms with Gasteiger partial charge in [0.15, 0.2) is 0 Å². The predicted molar refractivity (Wildman–Crippen MR) is 84.5 cm³/mol. The van der Waals surface area contributed by atoms with Crippen molar-refractivity contribution < 1.29 is 14.7 Å². The van der Waals surface area contributed by atoms with Crippen molar-refractivity contribution in [3.05, 3.63) is 35.9 Å². The number of oxime groups is 1. The molecule has 0 bridgehead atoms. The minimum Gasteiger partial charge on any atom is -0.395 e. The summed E-state index contributed by atoms with van der Waals surface area (Å²) in [7, 11) is 0. The third-order valence-corrected chi connectivity index (χ3v) is 4.64. The van der Waals surface area contributed by atoms with Gasteiger partial charge in [0, 0.05) is 17.7 Å². The molecule has 0 aromatic heterocycles. The van der Waals surface area contributed by atoms with Crippen molar-refractivity contribution in [2.75, 3.05) is 12.9 Å². The molecule has 0 radical (unpaired) electrons. The number of nitrogens with one attached hydrogen (secondary N) is 1. The lowest BCUT2D eigenvalue weighted by atomic mass is 10.0. The van der Waals surface area contributed by atoms with Crippen molar-refractivity contribution in [2.24, 2.45) is 5.16 Å². The van der Waals surface area contributed by atoms with Crippen molar-refractivity contribution in [2.45, 2.75) is 30.7 Å². The molecule has 3 unspecified atom stereocenters. The normalized spacial score (nSPS) is 20.3. The van der Waals surface area contributed by atoms with Crippen molar-refractivity contribution in [3.8, 4) is 0 Å². The zero-order valence-electron chi connectivity index (χ0n) is 12.2. The van der Waals surface area contributed by atoms with E-state index < -0.39 is 6.10 Å². The first-order chi connectivity index (χ1) is 10.2. The highest BCUT2D eigenvalue weighted by atomic mass is 32.2. The summed E-state index contributed by atoms with van der Waals surface area (Å²) in [6, 6.07) is 9.56. The zero-order chi connectivity index (χ0) is 15.2. The molecule has 0 spiro atoms. The van der Waals surface area contributed by atoms with Crippen molar-refractivity contribution >= 4 is 23.4 Å². The maximum Gasteiger partial charge on any atom is 0.264 e. The van der Waals surface area contributed by atoms with Crippen molar-refractivity contribution in [3.63, 3.8) is 0 Å². The average Bonchev–Trinajstić information content (AvgIpc) is 2.99. The van der Waals surface area contributed by atoms with E-state index >= 15 is 0 Å². The van der Waals surface area contributed by atoms with Crippen LogP contribution in [-0.4, -0.2) is 47.0 Å². The fraction of sp³-hybridized carbons (Fsp3) is 0.467. The van der Waals surface area contributed by atoms with E-state index in [1.807, 2.05) is 43.5 Å². The molecule has 1 aromatic carbocycles. The molecule has 0 aliphatic carbocycles. The number of aliphatic hydroxyl groups excluding tert-OH is 1. The number of hydrogen-bond acceptors (Lipinski definition) is 5. The first kappa shape index (κ1) is 15.9. The first-order valence-electron chi connectivity index (χ1n) is 6.87. The van der Waals surface area contributed by atoms with E-state index in [9.17, 15) is 9.90 Å². The van der Waals surface area contributed by atoms with Gasteiger partial charge in [-0.05, 0) is 18.7 Å². The standard InChI is InChI=1S/C15H20N2O3S/c1-10(14(9-18)21-2)16-15(19)13-8-12(17-20-13)11-6-4-3-5-7-11/h3-7,10,13-14,18H,8-9H2,1-2H3,(H,16,19). The molecule has 6 heteroatoms. The number of thioether (sulfide) groups is 1. The molecular weight excluding hydrogens is 288 g/mol. The van der Waals surface area contributed by atoms with Gasteiger partial charge in [0.05, 0.1) is 12.3 Å². The lowest BCUT2D eigenvalue weighted by molar-refractivity contribution is -0.131. The highest BCUT2D eigenvalue weighted by Gasteiger charge is 2.30. The van der Waals surface area contributed by atoms with Gasteiger partial charge >= 0.3 is 0 Å². The third-order valence-electron chi connectivity index (χ3n) is 3.48. The van der Waals surface area contributed by atoms with E-state index in [2.05, 4.69) is 10.5 Å². The first-order valence-corrected chi connectivity index (χ1v) is 8.16. The molecule has 2 N–H and O–H groups in total. The SMILES string of the molecule is CSC(CO)C(C)NC(=O)C1CC(c2ccccc2)=NO1. The number of benzene rings is 1. The Morgan fingerprint density at radius 1 is 1.52 bits per heavy atom. The molecule has 1 heterocycles. The van der Waals surface area contributed by atoms with Crippen molar-refractivity contribution in [1.82, 2.24) is 5.32 Å². The second kappa shape index (κ2) is 7.47. The van der Waals surface area contributed by atoms with Crippen LogP contribution in [0.15, 0.2) is 35.5 Å². The Balaban J connectivity index is 1.89. The van der Waals surface area contributed by atoms with Crippen LogP contribution in [0, 0.1) is 0 Å². The highest BCUT2D eigenvalue weighted by Crippen LogP contribution is 2.17. The van der Waals surface area contributed by atoms with Crippen LogP contribution in [0.5, 0.6) is 0 Å². The quantitative estimate of drug-likeness (QED) is 0.833. The molecule has 0 saturated carbocycles. The van der Waals surface area contributed by atoms with Crippen LogP contribution in [0.25, 0.3) is 0 Å². The van der Waals surface area contributed by atoms with E-state index in [1.165, 1.54) is 11.8 Å². The number of carbonyl (C=O) groups excluding carboxylic acids is 1. The molecule has 21 heavy (non-hydrogen) atoms. The molecule has 5 nitrogen and oxygen atoms in total. The van der Waals surface area contributed by atoms with E-state index in [4.69, 9.17) is 4.84 Å². The predicted octanol–water partition coefficient (Wildman–Crippen LogP) is 1.41. The summed E-state index contributed by atoms with van der Waals surface area (Å²) in [5, 5.41) is 16.1. The Kier molecular flexibility index (Phi) is 5.64. The smallest absolute Gasteiger partial charge is 0.264 e. The molecule has 114 valence electrons. The van der Waals surface area contributed by atoms with Crippen LogP contribution in [0.3, 0.4) is 0 Å². The van der Waals surface area contributed by atoms with Crippen LogP contribution >= 0.6 is 11.8 Å². The fourth-order valence-electron chi connectivity index (χ4n) is 2.17. The molecular formula is C15H20N2O3S. The Morgan fingerprint density at radius 2 is 2.24 bits per heavy atom. The number of hydrogen-bond donors (Lipinski definition) is 2. The van der Waals surface area contributed by atoms with Gasteiger partial charge < -0.3 is 15.3 Å². The van der Waals surface area contributed by atoms with Gasteiger partial charge in [0.2, 0.25) is 6.10 Å². The van der Waals surface area contributed by atoms with Gasteiger partial charge in [0.25, 0.3) is 5.91 Å². The summed E-state index contributed by atoms with van der Waals surface area (Å²) in [4.78, 5) is 17.4. The summed E-state index contributed by atoms with van der Waals surface area (Å²) in [6.45, 7) is 1.91. The Labute approximate surface area is 128 Å². The number of rotatable bonds is 6. The summed E-state index contributed by atoms with van der Waals surface area (Å²) >= 11 is 1.53. The molecule has 1 aliphatic heterocycles. The lowest BCUT2D eigenvalue weighted by Gasteiger charge is -2.22. The third kappa shape index (κ3) is 3.98. The van der Waals surface area contributed by atoms with Crippen LogP contribution in [0.1, 0.15) is 18.9 Å². The average molecular weight is 308 g/mol. The van der Waals surface area contributed by atoms with E-state index in [0.29, 0.717) is 6.42 Å². The number of amides is 1. The highest BCUT2D eigenvalue weighted by molar-refractivity contribution is 7.99. The van der Waals surface area contributed by atoms with Gasteiger partial charge in [-0.2, -0.15) is 11.8 Å².